The Kier molecular flexibility index (Phi) is 11.4. The Labute approximate surface area is 144 Å². The highest BCUT2D eigenvalue weighted by Crippen LogP contribution is 2.21. The molecule has 0 radical (unpaired) electrons. The van der Waals surface area contributed by atoms with Gasteiger partial charge < -0.3 is 4.74 Å². The number of rotatable bonds is 11. The Morgan fingerprint density at radius 1 is 1.09 bits per heavy atom. The summed E-state index contributed by atoms with van der Waals surface area (Å²) in [5.41, 5.74) is 3.82. The third kappa shape index (κ3) is 11.8. The molecule has 0 aliphatic heterocycles. The fourth-order valence-corrected chi connectivity index (χ4v) is 2.30. The molecule has 1 atom stereocenters. The zero-order valence-corrected chi connectivity index (χ0v) is 16.1. The van der Waals surface area contributed by atoms with Gasteiger partial charge in [0.05, 0.1) is 5.60 Å². The molecule has 0 fully saturated rings. The highest BCUT2D eigenvalue weighted by Gasteiger charge is 2.19. The first-order valence-corrected chi connectivity index (χ1v) is 8.74. The smallest absolute Gasteiger partial charge is 0.0840 e. The molecule has 0 aliphatic carbocycles. The van der Waals surface area contributed by atoms with Crippen molar-refractivity contribution in [3.05, 3.63) is 59.8 Å². The first-order valence-electron chi connectivity index (χ1n) is 8.74. The van der Waals surface area contributed by atoms with Crippen LogP contribution in [0.3, 0.4) is 0 Å². The van der Waals surface area contributed by atoms with Crippen molar-refractivity contribution in [2.75, 3.05) is 6.61 Å². The van der Waals surface area contributed by atoms with Crippen LogP contribution >= 0.6 is 0 Å². The lowest BCUT2D eigenvalue weighted by Gasteiger charge is -2.25. The SMILES string of the molecule is C=C/C(C)=C\C=C\[C@@](C)(CC/C=C(\C)CCC=C(C)C)OCC. The first kappa shape index (κ1) is 21.7. The Morgan fingerprint density at radius 3 is 2.35 bits per heavy atom. The second kappa shape index (κ2) is 12.1. The predicted octanol–water partition coefficient (Wildman–Crippen LogP) is 6.94. The van der Waals surface area contributed by atoms with Gasteiger partial charge >= 0.3 is 0 Å². The van der Waals surface area contributed by atoms with Crippen LogP contribution in [0.15, 0.2) is 59.8 Å². The highest BCUT2D eigenvalue weighted by molar-refractivity contribution is 5.21. The quantitative estimate of drug-likeness (QED) is 0.296. The van der Waals surface area contributed by atoms with Gasteiger partial charge in [-0.3, -0.25) is 0 Å². The van der Waals surface area contributed by atoms with Gasteiger partial charge in [-0.25, -0.2) is 0 Å². The second-order valence-corrected chi connectivity index (χ2v) is 6.63. The fraction of sp³-hybridized carbons (Fsp3) is 0.545. The van der Waals surface area contributed by atoms with E-state index in [1.165, 1.54) is 11.1 Å². The van der Waals surface area contributed by atoms with Crippen molar-refractivity contribution in [1.29, 1.82) is 0 Å². The fourth-order valence-electron chi connectivity index (χ4n) is 2.30. The average Bonchev–Trinajstić information content (AvgIpc) is 2.46. The maximum atomic E-state index is 5.96. The Hall–Kier alpha value is -1.34. The van der Waals surface area contributed by atoms with Crippen molar-refractivity contribution < 1.29 is 4.74 Å². The zero-order chi connectivity index (χ0) is 17.7. The molecule has 0 unspecified atom stereocenters. The molecule has 130 valence electrons. The summed E-state index contributed by atoms with van der Waals surface area (Å²) in [6.45, 7) is 17.3. The molecule has 0 N–H and O–H groups in total. The van der Waals surface area contributed by atoms with E-state index in [9.17, 15) is 0 Å². The van der Waals surface area contributed by atoms with Crippen molar-refractivity contribution in [1.82, 2.24) is 0 Å². The molecule has 0 aromatic carbocycles. The predicted molar refractivity (Wildman–Crippen MR) is 105 cm³/mol. The molecule has 0 heterocycles. The summed E-state index contributed by atoms with van der Waals surface area (Å²) in [5, 5.41) is 0. The first-order chi connectivity index (χ1) is 10.8. The Bertz CT molecular complexity index is 458. The Balaban J connectivity index is 4.57. The summed E-state index contributed by atoms with van der Waals surface area (Å²) in [7, 11) is 0. The molecular weight excluding hydrogens is 280 g/mol. The summed E-state index contributed by atoms with van der Waals surface area (Å²) >= 11 is 0. The van der Waals surface area contributed by atoms with Gasteiger partial charge in [0.1, 0.15) is 0 Å². The molecule has 0 rings (SSSR count). The van der Waals surface area contributed by atoms with Crippen LogP contribution < -0.4 is 0 Å². The minimum Gasteiger partial charge on any atom is -0.371 e. The minimum absolute atomic E-state index is 0.205. The molecule has 0 aromatic rings. The summed E-state index contributed by atoms with van der Waals surface area (Å²) in [5.74, 6) is 0. The number of allylic oxidation sites excluding steroid dienone is 8. The average molecular weight is 317 g/mol. The molecule has 0 aliphatic rings. The van der Waals surface area contributed by atoms with Gasteiger partial charge in [0, 0.05) is 6.61 Å². The van der Waals surface area contributed by atoms with Gasteiger partial charge in [0.25, 0.3) is 0 Å². The largest absolute Gasteiger partial charge is 0.371 e. The van der Waals surface area contributed by atoms with E-state index in [4.69, 9.17) is 4.74 Å². The van der Waals surface area contributed by atoms with E-state index in [0.717, 1.165) is 37.9 Å². The lowest BCUT2D eigenvalue weighted by Crippen LogP contribution is -2.25. The van der Waals surface area contributed by atoms with Gasteiger partial charge in [-0.15, -0.1) is 0 Å². The van der Waals surface area contributed by atoms with Crippen LogP contribution in [0.1, 0.15) is 67.2 Å². The summed E-state index contributed by atoms with van der Waals surface area (Å²) in [6, 6.07) is 0. The van der Waals surface area contributed by atoms with E-state index in [1.54, 1.807) is 0 Å². The van der Waals surface area contributed by atoms with Crippen LogP contribution in [0, 0.1) is 0 Å². The summed E-state index contributed by atoms with van der Waals surface area (Å²) in [6.07, 6.45) is 17.2. The van der Waals surface area contributed by atoms with Gasteiger partial charge in [0.2, 0.25) is 0 Å². The molecule has 0 aromatic heterocycles. The number of hydrogen-bond donors (Lipinski definition) is 0. The van der Waals surface area contributed by atoms with E-state index < -0.39 is 0 Å². The van der Waals surface area contributed by atoms with Crippen molar-refractivity contribution in [2.24, 2.45) is 0 Å². The summed E-state index contributed by atoms with van der Waals surface area (Å²) in [4.78, 5) is 0. The summed E-state index contributed by atoms with van der Waals surface area (Å²) < 4.78 is 5.96. The van der Waals surface area contributed by atoms with Crippen molar-refractivity contribution in [3.8, 4) is 0 Å². The third-order valence-electron chi connectivity index (χ3n) is 3.83. The standard InChI is InChI=1S/C22H36O/c1-8-20(5)15-11-17-22(7,23-9-2)18-12-16-21(6)14-10-13-19(3)4/h8,11,13,15-17H,1,9-10,12,14,18H2,2-7H3/b17-11+,20-15-,21-16+/t22-/m0/s1. The highest BCUT2D eigenvalue weighted by atomic mass is 16.5. The maximum Gasteiger partial charge on any atom is 0.0840 e. The molecule has 0 bridgehead atoms. The van der Waals surface area contributed by atoms with Gasteiger partial charge in [-0.2, -0.15) is 0 Å². The van der Waals surface area contributed by atoms with Crippen molar-refractivity contribution in [2.45, 2.75) is 72.8 Å². The third-order valence-corrected chi connectivity index (χ3v) is 3.83. The molecular formula is C22H36O. The van der Waals surface area contributed by atoms with E-state index in [-0.39, 0.29) is 5.60 Å². The zero-order valence-electron chi connectivity index (χ0n) is 16.1. The molecule has 0 spiro atoms. The van der Waals surface area contributed by atoms with Crippen molar-refractivity contribution >= 4 is 0 Å². The monoisotopic (exact) mass is 316 g/mol. The van der Waals surface area contributed by atoms with E-state index >= 15 is 0 Å². The molecule has 23 heavy (non-hydrogen) atoms. The van der Waals surface area contributed by atoms with Crippen LogP contribution in [0.4, 0.5) is 0 Å². The molecule has 1 nitrogen and oxygen atoms in total. The number of hydrogen-bond acceptors (Lipinski definition) is 1. The van der Waals surface area contributed by atoms with Crippen molar-refractivity contribution in [3.63, 3.8) is 0 Å². The van der Waals surface area contributed by atoms with Gasteiger partial charge in [-0.1, -0.05) is 59.8 Å². The molecule has 0 saturated carbocycles. The second-order valence-electron chi connectivity index (χ2n) is 6.63. The molecule has 1 heteroatoms. The lowest BCUT2D eigenvalue weighted by molar-refractivity contribution is 0.00815. The van der Waals surface area contributed by atoms with E-state index in [2.05, 4.69) is 71.6 Å². The van der Waals surface area contributed by atoms with Crippen LogP contribution in [0.25, 0.3) is 0 Å². The van der Waals surface area contributed by atoms with E-state index in [0.29, 0.717) is 0 Å². The number of ether oxygens (including phenoxy) is 1. The van der Waals surface area contributed by atoms with Crippen LogP contribution in [-0.2, 0) is 4.74 Å². The van der Waals surface area contributed by atoms with Gasteiger partial charge in [-0.05, 0) is 67.2 Å². The maximum absolute atomic E-state index is 5.96. The van der Waals surface area contributed by atoms with Crippen LogP contribution in [0.2, 0.25) is 0 Å². The molecule has 0 saturated heterocycles. The van der Waals surface area contributed by atoms with Crippen LogP contribution in [0.5, 0.6) is 0 Å². The van der Waals surface area contributed by atoms with Gasteiger partial charge in [0.15, 0.2) is 0 Å². The topological polar surface area (TPSA) is 9.23 Å². The molecule has 0 amide bonds. The van der Waals surface area contributed by atoms with Crippen LogP contribution in [-0.4, -0.2) is 12.2 Å². The van der Waals surface area contributed by atoms with E-state index in [1.807, 2.05) is 13.0 Å². The Morgan fingerprint density at radius 2 is 1.78 bits per heavy atom. The lowest BCUT2D eigenvalue weighted by atomic mass is 9.97. The normalized spacial score (nSPS) is 15.6. The minimum atomic E-state index is -0.205.